The van der Waals surface area contributed by atoms with Crippen LogP contribution in [0.4, 0.5) is 5.13 Å². The molecule has 0 saturated heterocycles. The molecule has 1 aromatic heterocycles. The Morgan fingerprint density at radius 2 is 1.85 bits per heavy atom. The van der Waals surface area contributed by atoms with Gasteiger partial charge in [0.1, 0.15) is 23.1 Å². The van der Waals surface area contributed by atoms with E-state index in [0.29, 0.717) is 10.9 Å². The zero-order valence-corrected chi connectivity index (χ0v) is 15.0. The van der Waals surface area contributed by atoms with E-state index in [1.54, 1.807) is 44.6 Å². The van der Waals surface area contributed by atoms with Gasteiger partial charge in [0, 0.05) is 0 Å². The molecule has 0 atom stereocenters. The highest BCUT2D eigenvalue weighted by molar-refractivity contribution is 7.22. The van der Waals surface area contributed by atoms with Crippen LogP contribution in [-0.4, -0.2) is 25.1 Å². The topological polar surface area (TPSA) is 84.2 Å². The maximum absolute atomic E-state index is 12.4. The highest BCUT2D eigenvalue weighted by Gasteiger charge is 2.13. The molecular formula is C19H15N3O3S. The number of benzene rings is 2. The molecule has 1 N–H and O–H groups in total. The van der Waals surface area contributed by atoms with Crippen LogP contribution in [0.5, 0.6) is 11.5 Å². The van der Waals surface area contributed by atoms with Crippen LogP contribution in [0.3, 0.4) is 0 Å². The van der Waals surface area contributed by atoms with Crippen molar-refractivity contribution in [2.45, 2.75) is 0 Å². The van der Waals surface area contributed by atoms with Crippen molar-refractivity contribution in [2.24, 2.45) is 0 Å². The van der Waals surface area contributed by atoms with Gasteiger partial charge in [-0.3, -0.25) is 10.1 Å². The number of fused-ring (bicyclic) bond motifs is 1. The lowest BCUT2D eigenvalue weighted by Crippen LogP contribution is -2.13. The fraction of sp³-hybridized carbons (Fsp3) is 0.105. The van der Waals surface area contributed by atoms with E-state index in [1.165, 1.54) is 17.4 Å². The molecular weight excluding hydrogens is 350 g/mol. The lowest BCUT2D eigenvalue weighted by molar-refractivity contribution is -0.112. The number of ether oxygens (including phenoxy) is 2. The van der Waals surface area contributed by atoms with Gasteiger partial charge in [0.25, 0.3) is 5.91 Å². The fourth-order valence-electron chi connectivity index (χ4n) is 2.27. The van der Waals surface area contributed by atoms with Crippen LogP contribution in [0, 0.1) is 11.3 Å². The minimum Gasteiger partial charge on any atom is -0.497 e. The number of nitriles is 1. The van der Waals surface area contributed by atoms with Gasteiger partial charge in [0.2, 0.25) is 0 Å². The van der Waals surface area contributed by atoms with Gasteiger partial charge in [-0.05, 0) is 42.0 Å². The predicted molar refractivity (Wildman–Crippen MR) is 101 cm³/mol. The number of nitrogens with one attached hydrogen (secondary N) is 1. The SMILES string of the molecule is COc1ccc(/C=C(\C#N)C(=O)Nc2nc3ccc(OC)cc3s2)cc1. The number of anilines is 1. The van der Waals surface area contributed by atoms with Gasteiger partial charge >= 0.3 is 0 Å². The van der Waals surface area contributed by atoms with Crippen molar-refractivity contribution in [3.05, 3.63) is 53.6 Å². The number of amides is 1. The molecule has 0 spiro atoms. The molecule has 1 amide bonds. The van der Waals surface area contributed by atoms with Crippen LogP contribution in [0.2, 0.25) is 0 Å². The van der Waals surface area contributed by atoms with Crippen LogP contribution in [0.25, 0.3) is 16.3 Å². The zero-order valence-electron chi connectivity index (χ0n) is 14.1. The number of carbonyl (C=O) groups excluding carboxylic acids is 1. The molecule has 0 aliphatic carbocycles. The lowest BCUT2D eigenvalue weighted by atomic mass is 10.1. The highest BCUT2D eigenvalue weighted by atomic mass is 32.1. The molecule has 0 bridgehead atoms. The van der Waals surface area contributed by atoms with Gasteiger partial charge in [-0.1, -0.05) is 23.5 Å². The average molecular weight is 365 g/mol. The summed E-state index contributed by atoms with van der Waals surface area (Å²) in [5.74, 6) is 0.917. The van der Waals surface area contributed by atoms with Gasteiger partial charge in [0.05, 0.1) is 24.4 Å². The summed E-state index contributed by atoms with van der Waals surface area (Å²) >= 11 is 1.32. The Kier molecular flexibility index (Phi) is 5.15. The third-order valence-electron chi connectivity index (χ3n) is 3.61. The maximum atomic E-state index is 12.4. The Morgan fingerprint density at radius 3 is 2.50 bits per heavy atom. The Labute approximate surface area is 154 Å². The Bertz CT molecular complexity index is 1020. The quantitative estimate of drug-likeness (QED) is 0.548. The summed E-state index contributed by atoms with van der Waals surface area (Å²) in [4.78, 5) is 16.7. The van der Waals surface area contributed by atoms with Crippen molar-refractivity contribution in [1.82, 2.24) is 4.98 Å². The molecule has 0 aliphatic rings. The third kappa shape index (κ3) is 3.82. The second-order valence-corrected chi connectivity index (χ2v) is 6.28. The third-order valence-corrected chi connectivity index (χ3v) is 4.54. The van der Waals surface area contributed by atoms with Crippen LogP contribution in [0.15, 0.2) is 48.0 Å². The van der Waals surface area contributed by atoms with E-state index in [1.807, 2.05) is 18.2 Å². The first-order chi connectivity index (χ1) is 12.6. The molecule has 0 unspecified atom stereocenters. The molecule has 130 valence electrons. The van der Waals surface area contributed by atoms with E-state index in [9.17, 15) is 10.1 Å². The molecule has 3 rings (SSSR count). The minimum atomic E-state index is -0.505. The number of rotatable bonds is 5. The molecule has 0 aliphatic heterocycles. The second kappa shape index (κ2) is 7.68. The summed E-state index contributed by atoms with van der Waals surface area (Å²) in [7, 11) is 3.17. The Balaban J connectivity index is 1.80. The van der Waals surface area contributed by atoms with E-state index in [2.05, 4.69) is 10.3 Å². The number of thiazole rings is 1. The molecule has 6 nitrogen and oxygen atoms in total. The zero-order chi connectivity index (χ0) is 18.5. The maximum Gasteiger partial charge on any atom is 0.268 e. The van der Waals surface area contributed by atoms with Crippen molar-refractivity contribution in [2.75, 3.05) is 19.5 Å². The lowest BCUT2D eigenvalue weighted by Gasteiger charge is -2.01. The minimum absolute atomic E-state index is 0.00740. The van der Waals surface area contributed by atoms with Gasteiger partial charge < -0.3 is 9.47 Å². The van der Waals surface area contributed by atoms with Crippen molar-refractivity contribution in [3.8, 4) is 17.6 Å². The van der Waals surface area contributed by atoms with Gasteiger partial charge in [0.15, 0.2) is 5.13 Å². The van der Waals surface area contributed by atoms with Crippen molar-refractivity contribution < 1.29 is 14.3 Å². The molecule has 0 radical (unpaired) electrons. The average Bonchev–Trinajstić information content (AvgIpc) is 3.07. The first kappa shape index (κ1) is 17.5. The molecule has 1 heterocycles. The summed E-state index contributed by atoms with van der Waals surface area (Å²) in [6.45, 7) is 0. The van der Waals surface area contributed by atoms with Crippen molar-refractivity contribution in [1.29, 1.82) is 5.26 Å². The number of carbonyl (C=O) groups is 1. The fourth-order valence-corrected chi connectivity index (χ4v) is 3.15. The van der Waals surface area contributed by atoms with E-state index < -0.39 is 5.91 Å². The monoisotopic (exact) mass is 365 g/mol. The number of hydrogen-bond donors (Lipinski definition) is 1. The highest BCUT2D eigenvalue weighted by Crippen LogP contribution is 2.29. The number of hydrogen-bond acceptors (Lipinski definition) is 6. The summed E-state index contributed by atoms with van der Waals surface area (Å²) in [5, 5.41) is 12.4. The molecule has 0 saturated carbocycles. The molecule has 26 heavy (non-hydrogen) atoms. The second-order valence-electron chi connectivity index (χ2n) is 5.25. The van der Waals surface area contributed by atoms with Crippen LogP contribution in [0.1, 0.15) is 5.56 Å². The standard InChI is InChI=1S/C19H15N3O3S/c1-24-14-5-3-12(4-6-14)9-13(11-20)18(23)22-19-21-16-8-7-15(25-2)10-17(16)26-19/h3-10H,1-2H3,(H,21,22,23)/b13-9+. The summed E-state index contributed by atoms with van der Waals surface area (Å²) in [6.07, 6.45) is 1.52. The largest absolute Gasteiger partial charge is 0.497 e. The van der Waals surface area contributed by atoms with Gasteiger partial charge in [-0.15, -0.1) is 0 Å². The molecule has 7 heteroatoms. The van der Waals surface area contributed by atoms with Crippen LogP contribution in [-0.2, 0) is 4.79 Å². The summed E-state index contributed by atoms with van der Waals surface area (Å²) in [5.41, 5.74) is 1.47. The first-order valence-electron chi connectivity index (χ1n) is 7.64. The number of methoxy groups -OCH3 is 2. The molecule has 2 aromatic carbocycles. The smallest absolute Gasteiger partial charge is 0.268 e. The van der Waals surface area contributed by atoms with Gasteiger partial charge in [-0.25, -0.2) is 4.98 Å². The molecule has 3 aromatic rings. The molecule has 0 fully saturated rings. The normalized spacial score (nSPS) is 11.0. The van der Waals surface area contributed by atoms with E-state index in [0.717, 1.165) is 21.5 Å². The first-order valence-corrected chi connectivity index (χ1v) is 8.46. The summed E-state index contributed by atoms with van der Waals surface area (Å²) in [6, 6.07) is 14.5. The Morgan fingerprint density at radius 1 is 1.15 bits per heavy atom. The van der Waals surface area contributed by atoms with Crippen LogP contribution < -0.4 is 14.8 Å². The van der Waals surface area contributed by atoms with Crippen LogP contribution >= 0.6 is 11.3 Å². The summed E-state index contributed by atoms with van der Waals surface area (Å²) < 4.78 is 11.2. The van der Waals surface area contributed by atoms with E-state index in [-0.39, 0.29) is 5.57 Å². The van der Waals surface area contributed by atoms with Crippen molar-refractivity contribution in [3.63, 3.8) is 0 Å². The predicted octanol–water partition coefficient (Wildman–Crippen LogP) is 3.86. The number of aromatic nitrogens is 1. The number of nitrogens with zero attached hydrogens (tertiary/aromatic N) is 2. The van der Waals surface area contributed by atoms with Crippen molar-refractivity contribution >= 4 is 38.7 Å². The van der Waals surface area contributed by atoms with E-state index in [4.69, 9.17) is 9.47 Å². The Hall–Kier alpha value is -3.37. The van der Waals surface area contributed by atoms with E-state index >= 15 is 0 Å². The van der Waals surface area contributed by atoms with Gasteiger partial charge in [-0.2, -0.15) is 5.26 Å².